The number of nitrogens with one attached hydrogen (secondary N) is 1. The smallest absolute Gasteiger partial charge is 0.264 e. The highest BCUT2D eigenvalue weighted by Crippen LogP contribution is 2.28. The lowest BCUT2D eigenvalue weighted by molar-refractivity contribution is 0.414. The summed E-state index contributed by atoms with van der Waals surface area (Å²) in [5, 5.41) is 4.68. The number of nitrogens with zero attached hydrogens (tertiary/aromatic N) is 4. The second-order valence-electron chi connectivity index (χ2n) is 9.82. The molecule has 6 rings (SSSR count). The zero-order valence-electron chi connectivity index (χ0n) is 22.7. The van der Waals surface area contributed by atoms with Crippen molar-refractivity contribution in [2.75, 3.05) is 12.4 Å². The van der Waals surface area contributed by atoms with E-state index in [4.69, 9.17) is 16.3 Å². The summed E-state index contributed by atoms with van der Waals surface area (Å²) < 4.78 is 23.4. The van der Waals surface area contributed by atoms with E-state index in [-0.39, 0.29) is 29.0 Å². The number of aromatic nitrogens is 4. The Hall–Kier alpha value is -5.02. The van der Waals surface area contributed by atoms with Crippen LogP contribution in [-0.2, 0) is 6.54 Å². The van der Waals surface area contributed by atoms with Crippen LogP contribution in [0.15, 0.2) is 101 Å². The molecule has 10 heteroatoms. The minimum absolute atomic E-state index is 0.00954. The van der Waals surface area contributed by atoms with Gasteiger partial charge < -0.3 is 14.6 Å². The Morgan fingerprint density at radius 3 is 2.48 bits per heavy atom. The van der Waals surface area contributed by atoms with Gasteiger partial charge in [-0.05, 0) is 54.3 Å². The SMILES string of the molecule is COc1ccc(Cn2cc(F)c(=O)c3c(N[C@@H](C)c4cc5cccc(Cl)c5c(=O)n4-c4ccccc4)ncnc32)cc1. The lowest BCUT2D eigenvalue weighted by atomic mass is 10.1. The van der Waals surface area contributed by atoms with E-state index in [0.717, 1.165) is 11.8 Å². The van der Waals surface area contributed by atoms with Crippen LogP contribution in [0.25, 0.3) is 27.5 Å². The number of hydrogen-bond acceptors (Lipinski definition) is 6. The molecule has 0 spiro atoms. The predicted molar refractivity (Wildman–Crippen MR) is 162 cm³/mol. The summed E-state index contributed by atoms with van der Waals surface area (Å²) in [5.74, 6) is -0.0794. The van der Waals surface area contributed by atoms with Crippen LogP contribution in [0.2, 0.25) is 5.02 Å². The Morgan fingerprint density at radius 2 is 1.74 bits per heavy atom. The van der Waals surface area contributed by atoms with Crippen molar-refractivity contribution in [3.8, 4) is 11.4 Å². The van der Waals surface area contributed by atoms with E-state index in [9.17, 15) is 9.59 Å². The number of fused-ring (bicyclic) bond motifs is 2. The fraction of sp³-hybridized carbons (Fsp3) is 0.125. The number of para-hydroxylation sites is 1. The molecular weight excluding hydrogens is 557 g/mol. The molecule has 0 bridgehead atoms. The molecule has 0 saturated carbocycles. The molecule has 0 saturated heterocycles. The standard InChI is InChI=1S/C32H25ClFN5O3/c1-19(26-15-21-7-6-10-24(33)27(21)32(41)39(26)22-8-4-3-5-9-22)37-30-28-29(40)25(34)17-38(31(28)36-18-35-30)16-20-11-13-23(42-2)14-12-20/h3-15,17-19H,16H2,1-2H3,(H,35,36,37)/t19-/m0/s1. The molecule has 0 aliphatic carbocycles. The topological polar surface area (TPSA) is 91.0 Å². The van der Waals surface area contributed by atoms with Gasteiger partial charge in [-0.15, -0.1) is 0 Å². The minimum atomic E-state index is -0.928. The molecule has 210 valence electrons. The molecule has 8 nitrogen and oxygen atoms in total. The van der Waals surface area contributed by atoms with E-state index in [0.29, 0.717) is 32.9 Å². The Bertz CT molecular complexity index is 2060. The number of hydrogen-bond donors (Lipinski definition) is 1. The number of pyridine rings is 2. The average molecular weight is 582 g/mol. The summed E-state index contributed by atoms with van der Waals surface area (Å²) in [4.78, 5) is 35.6. The van der Waals surface area contributed by atoms with Crippen LogP contribution in [0.5, 0.6) is 5.75 Å². The van der Waals surface area contributed by atoms with E-state index in [1.54, 1.807) is 28.4 Å². The van der Waals surface area contributed by atoms with E-state index < -0.39 is 17.3 Å². The van der Waals surface area contributed by atoms with Gasteiger partial charge in [0.05, 0.1) is 23.6 Å². The normalized spacial score (nSPS) is 12.0. The fourth-order valence-electron chi connectivity index (χ4n) is 5.12. The molecule has 1 atom stereocenters. The number of benzene rings is 3. The average Bonchev–Trinajstić information content (AvgIpc) is 3.00. The highest BCUT2D eigenvalue weighted by Gasteiger charge is 2.21. The first kappa shape index (κ1) is 27.2. The third-order valence-corrected chi connectivity index (χ3v) is 7.48. The van der Waals surface area contributed by atoms with Crippen LogP contribution in [-0.4, -0.2) is 26.2 Å². The van der Waals surface area contributed by atoms with Gasteiger partial charge in [0.25, 0.3) is 5.56 Å². The maximum atomic E-state index is 15.0. The number of halogens is 2. The quantitative estimate of drug-likeness (QED) is 0.244. The van der Waals surface area contributed by atoms with E-state index in [2.05, 4.69) is 15.3 Å². The molecule has 42 heavy (non-hydrogen) atoms. The van der Waals surface area contributed by atoms with Crippen LogP contribution < -0.4 is 21.0 Å². The molecule has 0 radical (unpaired) electrons. The van der Waals surface area contributed by atoms with Gasteiger partial charge >= 0.3 is 0 Å². The Kier molecular flexibility index (Phi) is 7.18. The zero-order chi connectivity index (χ0) is 29.4. The van der Waals surface area contributed by atoms with E-state index in [1.165, 1.54) is 6.33 Å². The summed E-state index contributed by atoms with van der Waals surface area (Å²) >= 11 is 6.44. The molecule has 3 aromatic carbocycles. The van der Waals surface area contributed by atoms with E-state index >= 15 is 4.39 Å². The zero-order valence-corrected chi connectivity index (χ0v) is 23.5. The first-order chi connectivity index (χ1) is 20.4. The monoisotopic (exact) mass is 581 g/mol. The van der Waals surface area contributed by atoms with Crippen molar-refractivity contribution in [1.82, 2.24) is 19.1 Å². The Morgan fingerprint density at radius 1 is 0.976 bits per heavy atom. The first-order valence-corrected chi connectivity index (χ1v) is 13.6. The molecule has 0 aliphatic rings. The largest absolute Gasteiger partial charge is 0.497 e. The molecule has 3 aromatic heterocycles. The maximum absolute atomic E-state index is 15.0. The third kappa shape index (κ3) is 4.88. The molecular formula is C32H25ClFN5O3. The fourth-order valence-corrected chi connectivity index (χ4v) is 5.38. The second kappa shape index (κ2) is 11.1. The number of anilines is 1. The second-order valence-corrected chi connectivity index (χ2v) is 10.2. The van der Waals surface area contributed by atoms with Crippen LogP contribution in [0, 0.1) is 5.82 Å². The van der Waals surface area contributed by atoms with Gasteiger partial charge in [-0.3, -0.25) is 14.2 Å². The van der Waals surface area contributed by atoms with Crippen molar-refractivity contribution in [3.63, 3.8) is 0 Å². The predicted octanol–water partition coefficient (Wildman–Crippen LogP) is 6.12. The maximum Gasteiger partial charge on any atom is 0.264 e. The van der Waals surface area contributed by atoms with Crippen LogP contribution in [0.3, 0.4) is 0 Å². The van der Waals surface area contributed by atoms with Gasteiger partial charge in [-0.25, -0.2) is 14.4 Å². The molecule has 0 amide bonds. The summed E-state index contributed by atoms with van der Waals surface area (Å²) in [6.07, 6.45) is 2.47. The van der Waals surface area contributed by atoms with Gasteiger partial charge in [0, 0.05) is 24.1 Å². The lowest BCUT2D eigenvalue weighted by Gasteiger charge is -2.22. The first-order valence-electron chi connectivity index (χ1n) is 13.2. The van der Waals surface area contributed by atoms with Crippen LogP contribution >= 0.6 is 11.6 Å². The van der Waals surface area contributed by atoms with Gasteiger partial charge in [0.15, 0.2) is 5.82 Å². The third-order valence-electron chi connectivity index (χ3n) is 7.16. The minimum Gasteiger partial charge on any atom is -0.497 e. The van der Waals surface area contributed by atoms with Crippen molar-refractivity contribution in [3.05, 3.63) is 134 Å². The molecule has 0 aliphatic heterocycles. The van der Waals surface area contributed by atoms with Crippen molar-refractivity contribution in [1.29, 1.82) is 0 Å². The highest BCUT2D eigenvalue weighted by molar-refractivity contribution is 6.35. The van der Waals surface area contributed by atoms with Crippen molar-refractivity contribution in [2.45, 2.75) is 19.5 Å². The Balaban J connectivity index is 1.47. The number of ether oxygens (including phenoxy) is 1. The van der Waals surface area contributed by atoms with Crippen LogP contribution in [0.1, 0.15) is 24.2 Å². The van der Waals surface area contributed by atoms with E-state index in [1.807, 2.05) is 73.7 Å². The highest BCUT2D eigenvalue weighted by atomic mass is 35.5. The molecule has 0 fully saturated rings. The lowest BCUT2D eigenvalue weighted by Crippen LogP contribution is -2.26. The van der Waals surface area contributed by atoms with Crippen molar-refractivity contribution >= 4 is 39.2 Å². The summed E-state index contributed by atoms with van der Waals surface area (Å²) in [7, 11) is 1.58. The van der Waals surface area contributed by atoms with Crippen molar-refractivity contribution in [2.24, 2.45) is 0 Å². The van der Waals surface area contributed by atoms with Gasteiger partial charge in [0.1, 0.15) is 28.9 Å². The van der Waals surface area contributed by atoms with Gasteiger partial charge in [-0.2, -0.15) is 0 Å². The Labute approximate surface area is 244 Å². The van der Waals surface area contributed by atoms with Crippen molar-refractivity contribution < 1.29 is 9.13 Å². The number of rotatable bonds is 7. The molecule has 0 unspecified atom stereocenters. The van der Waals surface area contributed by atoms with Crippen LogP contribution in [0.4, 0.5) is 10.2 Å². The van der Waals surface area contributed by atoms with Gasteiger partial charge in [-0.1, -0.05) is 54.1 Å². The molecule has 1 N–H and O–H groups in total. The molecule has 6 aromatic rings. The summed E-state index contributed by atoms with van der Waals surface area (Å²) in [6, 6.07) is 23.1. The summed E-state index contributed by atoms with van der Waals surface area (Å²) in [6.45, 7) is 2.11. The van der Waals surface area contributed by atoms with Gasteiger partial charge in [0.2, 0.25) is 5.43 Å². The molecule has 3 heterocycles. The number of methoxy groups -OCH3 is 1. The summed E-state index contributed by atoms with van der Waals surface area (Å²) in [5.41, 5.74) is 1.28.